The third kappa shape index (κ3) is 2.81. The SMILES string of the molecule is Cc1cccc(Oc2ccc(N3C(=O)[C@H]4C5c6ccccc6C(c6ccccc65)[C@@H]4C3=O)cc2)c1C. The summed E-state index contributed by atoms with van der Waals surface area (Å²) < 4.78 is 6.10. The Morgan fingerprint density at radius 2 is 1.11 bits per heavy atom. The molecule has 2 atom stereocenters. The molecule has 4 nitrogen and oxygen atoms in total. The van der Waals surface area contributed by atoms with Gasteiger partial charge < -0.3 is 4.74 Å². The van der Waals surface area contributed by atoms with Crippen molar-refractivity contribution < 1.29 is 14.3 Å². The van der Waals surface area contributed by atoms with E-state index >= 15 is 0 Å². The summed E-state index contributed by atoms with van der Waals surface area (Å²) in [5.74, 6) is 0.315. The van der Waals surface area contributed by atoms with Crippen molar-refractivity contribution in [2.75, 3.05) is 4.90 Å². The second kappa shape index (κ2) is 7.66. The van der Waals surface area contributed by atoms with Gasteiger partial charge in [-0.2, -0.15) is 0 Å². The average molecular weight is 472 g/mol. The number of benzene rings is 4. The van der Waals surface area contributed by atoms with E-state index in [1.807, 2.05) is 67.6 Å². The molecule has 1 heterocycles. The van der Waals surface area contributed by atoms with E-state index in [2.05, 4.69) is 37.3 Å². The molecule has 176 valence electrons. The lowest BCUT2D eigenvalue weighted by Crippen LogP contribution is -2.41. The lowest BCUT2D eigenvalue weighted by Gasteiger charge is -2.45. The zero-order valence-electron chi connectivity index (χ0n) is 20.1. The number of carbonyl (C=O) groups is 2. The number of amides is 2. The zero-order chi connectivity index (χ0) is 24.6. The molecule has 0 saturated carbocycles. The molecule has 0 aromatic heterocycles. The number of hydrogen-bond acceptors (Lipinski definition) is 3. The monoisotopic (exact) mass is 471 g/mol. The molecule has 2 amide bonds. The molecule has 0 spiro atoms. The minimum atomic E-state index is -0.377. The molecule has 1 fully saturated rings. The predicted molar refractivity (Wildman–Crippen MR) is 138 cm³/mol. The van der Waals surface area contributed by atoms with Gasteiger partial charge in [0, 0.05) is 11.8 Å². The minimum Gasteiger partial charge on any atom is -0.457 e. The van der Waals surface area contributed by atoms with Crippen LogP contribution in [0.2, 0.25) is 0 Å². The molecule has 4 aliphatic rings. The number of aryl methyl sites for hydroxylation is 1. The van der Waals surface area contributed by atoms with Crippen molar-refractivity contribution in [3.8, 4) is 11.5 Å². The lowest BCUT2D eigenvalue weighted by atomic mass is 9.55. The van der Waals surface area contributed by atoms with Crippen LogP contribution in [0.25, 0.3) is 0 Å². The van der Waals surface area contributed by atoms with Gasteiger partial charge in [-0.25, -0.2) is 4.90 Å². The van der Waals surface area contributed by atoms with Gasteiger partial charge in [0.05, 0.1) is 17.5 Å². The standard InChI is InChI=1S/C32H25NO3/c1-18-8-7-13-26(19(18)2)36-21-16-14-20(15-17-21)33-31(34)29-27-22-9-3-4-10-23(22)28(30(29)32(33)35)25-12-6-5-11-24(25)27/h3-17,27-30H,1-2H3/t27?,28?,29-,30-/m0/s1. The molecule has 0 unspecified atom stereocenters. The van der Waals surface area contributed by atoms with Gasteiger partial charge in [0.25, 0.3) is 0 Å². The van der Waals surface area contributed by atoms with Crippen LogP contribution >= 0.6 is 0 Å². The van der Waals surface area contributed by atoms with Crippen LogP contribution in [0, 0.1) is 25.7 Å². The largest absolute Gasteiger partial charge is 0.457 e. The fourth-order valence-electron chi connectivity index (χ4n) is 6.56. The molecule has 1 saturated heterocycles. The average Bonchev–Trinajstić information content (AvgIpc) is 3.17. The summed E-state index contributed by atoms with van der Waals surface area (Å²) >= 11 is 0. The van der Waals surface area contributed by atoms with Gasteiger partial charge >= 0.3 is 0 Å². The Labute approximate surface area is 210 Å². The van der Waals surface area contributed by atoms with Crippen molar-refractivity contribution in [3.63, 3.8) is 0 Å². The molecular formula is C32H25NO3. The first-order valence-corrected chi connectivity index (χ1v) is 12.4. The Balaban J connectivity index is 1.25. The highest BCUT2D eigenvalue weighted by Gasteiger charge is 2.61. The molecule has 4 heteroatoms. The van der Waals surface area contributed by atoms with E-state index in [-0.39, 0.29) is 35.5 Å². The van der Waals surface area contributed by atoms with Crippen molar-refractivity contribution in [3.05, 3.63) is 124 Å². The summed E-state index contributed by atoms with van der Waals surface area (Å²) in [6.07, 6.45) is 0. The van der Waals surface area contributed by atoms with Gasteiger partial charge in [-0.15, -0.1) is 0 Å². The van der Waals surface area contributed by atoms with E-state index in [0.717, 1.165) is 16.9 Å². The van der Waals surface area contributed by atoms with Crippen LogP contribution in [-0.2, 0) is 9.59 Å². The van der Waals surface area contributed by atoms with Gasteiger partial charge in [-0.05, 0) is 77.6 Å². The van der Waals surface area contributed by atoms with Crippen LogP contribution in [0.15, 0.2) is 91.0 Å². The Hall–Kier alpha value is -4.18. The van der Waals surface area contributed by atoms with E-state index in [9.17, 15) is 9.59 Å². The Morgan fingerprint density at radius 3 is 1.61 bits per heavy atom. The number of nitrogens with zero attached hydrogens (tertiary/aromatic N) is 1. The predicted octanol–water partition coefficient (Wildman–Crippen LogP) is 6.49. The van der Waals surface area contributed by atoms with E-state index in [1.54, 1.807) is 0 Å². The second-order valence-corrected chi connectivity index (χ2v) is 10.1. The van der Waals surface area contributed by atoms with Gasteiger partial charge in [0.2, 0.25) is 11.8 Å². The van der Waals surface area contributed by atoms with Crippen molar-refractivity contribution in [2.24, 2.45) is 11.8 Å². The van der Waals surface area contributed by atoms with Crippen LogP contribution in [0.5, 0.6) is 11.5 Å². The summed E-state index contributed by atoms with van der Waals surface area (Å²) in [7, 11) is 0. The van der Waals surface area contributed by atoms with Crippen molar-refractivity contribution in [1.82, 2.24) is 0 Å². The first-order valence-electron chi connectivity index (χ1n) is 12.4. The van der Waals surface area contributed by atoms with E-state index < -0.39 is 0 Å². The number of carbonyl (C=O) groups excluding carboxylic acids is 2. The molecular weight excluding hydrogens is 446 g/mol. The lowest BCUT2D eigenvalue weighted by molar-refractivity contribution is -0.122. The van der Waals surface area contributed by atoms with Crippen LogP contribution in [-0.4, -0.2) is 11.8 Å². The van der Waals surface area contributed by atoms with E-state index in [4.69, 9.17) is 4.74 Å². The van der Waals surface area contributed by atoms with Crippen molar-refractivity contribution >= 4 is 17.5 Å². The summed E-state index contributed by atoms with van der Waals surface area (Å²) in [5.41, 5.74) is 7.58. The van der Waals surface area contributed by atoms with E-state index in [1.165, 1.54) is 27.2 Å². The molecule has 1 aliphatic heterocycles. The number of anilines is 1. The smallest absolute Gasteiger partial charge is 0.238 e. The fourth-order valence-corrected chi connectivity index (χ4v) is 6.56. The summed E-state index contributed by atoms with van der Waals surface area (Å²) in [6.45, 7) is 4.09. The summed E-state index contributed by atoms with van der Waals surface area (Å²) in [6, 6.07) is 29.9. The number of ether oxygens (including phenoxy) is 1. The molecule has 3 aliphatic carbocycles. The Morgan fingerprint density at radius 1 is 0.611 bits per heavy atom. The normalized spacial score (nSPS) is 23.3. The zero-order valence-corrected chi connectivity index (χ0v) is 20.1. The van der Waals surface area contributed by atoms with Crippen molar-refractivity contribution in [2.45, 2.75) is 25.7 Å². The maximum Gasteiger partial charge on any atom is 0.238 e. The molecule has 8 rings (SSSR count). The minimum absolute atomic E-state index is 0.0965. The van der Waals surface area contributed by atoms with Gasteiger partial charge in [-0.3, -0.25) is 9.59 Å². The summed E-state index contributed by atoms with van der Waals surface area (Å²) in [4.78, 5) is 29.2. The molecule has 36 heavy (non-hydrogen) atoms. The first kappa shape index (κ1) is 21.1. The van der Waals surface area contributed by atoms with Crippen LogP contribution in [0.3, 0.4) is 0 Å². The number of hydrogen-bond donors (Lipinski definition) is 0. The quantitative estimate of drug-likeness (QED) is 0.321. The fraction of sp³-hybridized carbons (Fsp3) is 0.188. The molecule has 4 aromatic carbocycles. The molecule has 0 radical (unpaired) electrons. The Kier molecular flexibility index (Phi) is 4.50. The topological polar surface area (TPSA) is 46.6 Å². The molecule has 4 aromatic rings. The third-order valence-corrected chi connectivity index (χ3v) is 8.33. The highest BCUT2D eigenvalue weighted by Crippen LogP contribution is 2.61. The number of rotatable bonds is 3. The van der Waals surface area contributed by atoms with E-state index in [0.29, 0.717) is 11.4 Å². The highest BCUT2D eigenvalue weighted by atomic mass is 16.5. The summed E-state index contributed by atoms with van der Waals surface area (Å²) in [5, 5.41) is 0. The number of imide groups is 1. The third-order valence-electron chi connectivity index (χ3n) is 8.33. The van der Waals surface area contributed by atoms with Gasteiger partial charge in [0.15, 0.2) is 0 Å². The van der Waals surface area contributed by atoms with Gasteiger partial charge in [-0.1, -0.05) is 60.7 Å². The molecule has 2 bridgehead atoms. The maximum atomic E-state index is 13.9. The van der Waals surface area contributed by atoms with Crippen LogP contribution in [0.4, 0.5) is 5.69 Å². The van der Waals surface area contributed by atoms with Crippen molar-refractivity contribution in [1.29, 1.82) is 0 Å². The van der Waals surface area contributed by atoms with Gasteiger partial charge in [0.1, 0.15) is 11.5 Å². The first-order chi connectivity index (χ1) is 17.5. The maximum absolute atomic E-state index is 13.9. The highest BCUT2D eigenvalue weighted by molar-refractivity contribution is 6.23. The van der Waals surface area contributed by atoms with Crippen LogP contribution in [0.1, 0.15) is 45.2 Å². The van der Waals surface area contributed by atoms with Crippen LogP contribution < -0.4 is 9.64 Å². The Bertz CT molecular complexity index is 1440. The molecule has 0 N–H and O–H groups in total. The second-order valence-electron chi connectivity index (χ2n) is 10.1.